The molecule has 0 saturated carbocycles. The largest absolute Gasteiger partial charge is 0.497 e. The van der Waals surface area contributed by atoms with Crippen LogP contribution in [0.1, 0.15) is 22.3 Å². The highest BCUT2D eigenvalue weighted by molar-refractivity contribution is 6.95. The fraction of sp³-hybridized carbons (Fsp3) is 0.200. The van der Waals surface area contributed by atoms with Gasteiger partial charge < -0.3 is 9.84 Å². The fourth-order valence-electron chi connectivity index (χ4n) is 4.34. The Balaban J connectivity index is 2.14. The van der Waals surface area contributed by atoms with E-state index in [0.717, 1.165) is 33.6 Å². The number of benzene rings is 3. The second-order valence-corrected chi connectivity index (χ2v) is 13.4. The Bertz CT molecular complexity index is 1030. The minimum Gasteiger partial charge on any atom is -0.497 e. The summed E-state index contributed by atoms with van der Waals surface area (Å²) >= 11 is 0. The zero-order valence-electron chi connectivity index (χ0n) is 16.9. The molecular weight excluding hydrogens is 360 g/mol. The van der Waals surface area contributed by atoms with Crippen LogP contribution in [0, 0.1) is 0 Å². The lowest BCUT2D eigenvalue weighted by atomic mass is 9.81. The lowest BCUT2D eigenvalue weighted by Crippen LogP contribution is -2.28. The van der Waals surface area contributed by atoms with Crippen molar-refractivity contribution in [3.8, 4) is 5.75 Å². The van der Waals surface area contributed by atoms with Crippen molar-refractivity contribution in [1.29, 1.82) is 0 Å². The van der Waals surface area contributed by atoms with E-state index in [4.69, 9.17) is 4.74 Å². The summed E-state index contributed by atoms with van der Waals surface area (Å²) in [5, 5.41) is 13.6. The zero-order valence-corrected chi connectivity index (χ0v) is 17.9. The standard InChI is InChI=1S/C25H26O2Si/c1-27-20-15-16-22-21(17-20)24(28(2,3)4)23(18-11-7-5-8-12-18)25(22,26)19-13-9-6-10-14-19/h5-17,26H,1-4H3. The molecule has 1 aliphatic carbocycles. The van der Waals surface area contributed by atoms with Gasteiger partial charge in [-0.1, -0.05) is 86.4 Å². The summed E-state index contributed by atoms with van der Waals surface area (Å²) in [6, 6.07) is 26.4. The van der Waals surface area contributed by atoms with Crippen LogP contribution in [0.3, 0.4) is 0 Å². The van der Waals surface area contributed by atoms with E-state index >= 15 is 0 Å². The number of rotatable bonds is 4. The van der Waals surface area contributed by atoms with Crippen LogP contribution in [0.2, 0.25) is 19.6 Å². The average molecular weight is 387 g/mol. The van der Waals surface area contributed by atoms with Crippen molar-refractivity contribution in [3.05, 3.63) is 101 Å². The Morgan fingerprint density at radius 2 is 1.43 bits per heavy atom. The van der Waals surface area contributed by atoms with Crippen molar-refractivity contribution in [2.75, 3.05) is 7.11 Å². The van der Waals surface area contributed by atoms with Gasteiger partial charge in [0.2, 0.25) is 0 Å². The van der Waals surface area contributed by atoms with Gasteiger partial charge in [0, 0.05) is 0 Å². The maximum absolute atomic E-state index is 12.3. The summed E-state index contributed by atoms with van der Waals surface area (Å²) in [7, 11) is -0.124. The highest BCUT2D eigenvalue weighted by Crippen LogP contribution is 2.55. The van der Waals surface area contributed by atoms with Gasteiger partial charge >= 0.3 is 0 Å². The van der Waals surface area contributed by atoms with Gasteiger partial charge in [0.05, 0.1) is 15.2 Å². The molecule has 1 unspecified atom stereocenters. The number of ether oxygens (including phenoxy) is 1. The maximum Gasteiger partial charge on any atom is 0.141 e. The Hall–Kier alpha value is -2.62. The topological polar surface area (TPSA) is 29.5 Å². The Morgan fingerprint density at radius 1 is 0.821 bits per heavy atom. The fourth-order valence-corrected chi connectivity index (χ4v) is 6.43. The van der Waals surface area contributed by atoms with Gasteiger partial charge in [0.1, 0.15) is 11.4 Å². The molecule has 0 radical (unpaired) electrons. The van der Waals surface area contributed by atoms with Gasteiger partial charge in [0.25, 0.3) is 0 Å². The van der Waals surface area contributed by atoms with Gasteiger partial charge in [-0.25, -0.2) is 0 Å². The molecule has 0 heterocycles. The van der Waals surface area contributed by atoms with Crippen molar-refractivity contribution in [1.82, 2.24) is 0 Å². The number of aliphatic hydroxyl groups is 1. The molecule has 28 heavy (non-hydrogen) atoms. The molecule has 0 aromatic heterocycles. The Morgan fingerprint density at radius 3 is 2.00 bits per heavy atom. The maximum atomic E-state index is 12.3. The molecule has 1 aliphatic rings. The van der Waals surface area contributed by atoms with Crippen molar-refractivity contribution in [2.24, 2.45) is 0 Å². The SMILES string of the molecule is COc1ccc2c(c1)C([Si](C)(C)C)=C(c1ccccc1)C2(O)c1ccccc1. The van der Waals surface area contributed by atoms with Crippen molar-refractivity contribution in [2.45, 2.75) is 25.2 Å². The molecular formula is C25H26O2Si. The molecule has 0 bridgehead atoms. The minimum atomic E-state index is -1.81. The molecule has 3 heteroatoms. The molecule has 1 atom stereocenters. The van der Waals surface area contributed by atoms with Crippen molar-refractivity contribution >= 4 is 18.8 Å². The molecule has 142 valence electrons. The third-order valence-corrected chi connectivity index (χ3v) is 7.52. The summed E-state index contributed by atoms with van der Waals surface area (Å²) in [4.78, 5) is 0. The van der Waals surface area contributed by atoms with E-state index in [9.17, 15) is 5.11 Å². The van der Waals surface area contributed by atoms with Crippen molar-refractivity contribution in [3.63, 3.8) is 0 Å². The van der Waals surface area contributed by atoms with Gasteiger partial charge in [-0.2, -0.15) is 0 Å². The normalized spacial score (nSPS) is 18.9. The highest BCUT2D eigenvalue weighted by atomic mass is 28.3. The first-order chi connectivity index (χ1) is 13.4. The predicted octanol–water partition coefficient (Wildman–Crippen LogP) is 5.73. The number of methoxy groups -OCH3 is 1. The van der Waals surface area contributed by atoms with E-state index in [2.05, 4.69) is 37.8 Å². The Kier molecular flexibility index (Phi) is 4.52. The molecule has 1 N–H and O–H groups in total. The molecule has 0 saturated heterocycles. The average Bonchev–Trinajstić information content (AvgIpc) is 2.99. The molecule has 0 aliphatic heterocycles. The van der Waals surface area contributed by atoms with Crippen LogP contribution < -0.4 is 4.74 Å². The molecule has 2 nitrogen and oxygen atoms in total. The van der Waals surface area contributed by atoms with E-state index < -0.39 is 13.7 Å². The van der Waals surface area contributed by atoms with E-state index in [-0.39, 0.29) is 0 Å². The number of hydrogen-bond acceptors (Lipinski definition) is 2. The molecule has 3 aromatic carbocycles. The van der Waals surface area contributed by atoms with Gasteiger partial charge in [-0.15, -0.1) is 0 Å². The lowest BCUT2D eigenvalue weighted by Gasteiger charge is -2.30. The first-order valence-corrected chi connectivity index (χ1v) is 13.1. The van der Waals surface area contributed by atoms with E-state index in [0.29, 0.717) is 0 Å². The smallest absolute Gasteiger partial charge is 0.141 e. The third kappa shape index (κ3) is 2.82. The summed E-state index contributed by atoms with van der Waals surface area (Å²) in [5.74, 6) is 0.819. The van der Waals surface area contributed by atoms with E-state index in [1.54, 1.807) is 7.11 Å². The Labute approximate surface area is 168 Å². The second-order valence-electron chi connectivity index (χ2n) is 8.35. The summed E-state index contributed by atoms with van der Waals surface area (Å²) in [5.41, 5.74) is 3.86. The van der Waals surface area contributed by atoms with Crippen LogP contribution in [-0.4, -0.2) is 20.3 Å². The van der Waals surface area contributed by atoms with E-state index in [1.165, 1.54) is 5.20 Å². The quantitative estimate of drug-likeness (QED) is 0.580. The minimum absolute atomic E-state index is 0.819. The van der Waals surface area contributed by atoms with Crippen LogP contribution in [0.25, 0.3) is 10.8 Å². The highest BCUT2D eigenvalue weighted by Gasteiger charge is 2.48. The summed E-state index contributed by atoms with van der Waals surface area (Å²) in [6.45, 7) is 7.02. The lowest BCUT2D eigenvalue weighted by molar-refractivity contribution is 0.148. The third-order valence-electron chi connectivity index (χ3n) is 5.50. The second kappa shape index (κ2) is 6.76. The first-order valence-electron chi connectivity index (χ1n) is 9.65. The molecule has 3 aromatic rings. The van der Waals surface area contributed by atoms with Crippen LogP contribution in [0.4, 0.5) is 0 Å². The van der Waals surface area contributed by atoms with Gasteiger partial charge in [-0.05, 0) is 45.2 Å². The van der Waals surface area contributed by atoms with Crippen molar-refractivity contribution < 1.29 is 9.84 Å². The molecule has 4 rings (SSSR count). The van der Waals surface area contributed by atoms with Crippen LogP contribution >= 0.6 is 0 Å². The van der Waals surface area contributed by atoms with Gasteiger partial charge in [-0.3, -0.25) is 0 Å². The van der Waals surface area contributed by atoms with Crippen LogP contribution in [-0.2, 0) is 5.60 Å². The predicted molar refractivity (Wildman–Crippen MR) is 119 cm³/mol. The molecule has 0 amide bonds. The van der Waals surface area contributed by atoms with Crippen LogP contribution in [0.15, 0.2) is 78.9 Å². The monoisotopic (exact) mass is 386 g/mol. The molecule has 0 spiro atoms. The zero-order chi connectivity index (χ0) is 19.9. The first kappa shape index (κ1) is 18.7. The van der Waals surface area contributed by atoms with Crippen LogP contribution in [0.5, 0.6) is 5.75 Å². The summed E-state index contributed by atoms with van der Waals surface area (Å²) in [6.07, 6.45) is 0. The number of hydrogen-bond donors (Lipinski definition) is 1. The summed E-state index contributed by atoms with van der Waals surface area (Å²) < 4.78 is 5.53. The number of fused-ring (bicyclic) bond motifs is 1. The van der Waals surface area contributed by atoms with E-state index in [1.807, 2.05) is 60.7 Å². The van der Waals surface area contributed by atoms with Gasteiger partial charge in [0.15, 0.2) is 0 Å². The molecule has 0 fully saturated rings.